The minimum atomic E-state index is -0.299. The molecule has 0 saturated carbocycles. The Morgan fingerprint density at radius 1 is 1.12 bits per heavy atom. The molecule has 0 saturated heterocycles. The summed E-state index contributed by atoms with van der Waals surface area (Å²) in [7, 11) is 0. The molecule has 1 N–H and O–H groups in total. The maximum atomic E-state index is 13.3. The van der Waals surface area contributed by atoms with Crippen molar-refractivity contribution in [3.05, 3.63) is 66.5 Å². The topological polar surface area (TPSA) is 72.9 Å². The van der Waals surface area contributed by atoms with Gasteiger partial charge in [-0.1, -0.05) is 17.4 Å². The molecule has 0 fully saturated rings. The second-order valence-electron chi connectivity index (χ2n) is 5.70. The molecule has 0 amide bonds. The van der Waals surface area contributed by atoms with E-state index in [1.807, 2.05) is 24.4 Å². The summed E-state index contributed by atoms with van der Waals surface area (Å²) in [6, 6.07) is 12.1. The third-order valence-electron chi connectivity index (χ3n) is 3.98. The second-order valence-corrected chi connectivity index (χ2v) is 6.66. The Labute approximate surface area is 150 Å². The number of hydrogen-bond donors (Lipinski definition) is 1. The molecule has 0 bridgehead atoms. The minimum Gasteiger partial charge on any atom is -0.338 e. The van der Waals surface area contributed by atoms with Crippen LogP contribution < -0.4 is 5.32 Å². The maximum absolute atomic E-state index is 13.3. The molecule has 0 radical (unpaired) electrons. The molecule has 4 heterocycles. The van der Waals surface area contributed by atoms with Crippen LogP contribution in [0.4, 0.5) is 15.2 Å². The fourth-order valence-corrected chi connectivity index (χ4v) is 3.59. The highest BCUT2D eigenvalue weighted by Gasteiger charge is 2.13. The van der Waals surface area contributed by atoms with Crippen molar-refractivity contribution in [2.75, 3.05) is 5.32 Å². The highest BCUT2D eigenvalue weighted by Crippen LogP contribution is 2.24. The number of fused-ring (bicyclic) bond motifs is 2. The molecule has 0 unspecified atom stereocenters. The van der Waals surface area contributed by atoms with Crippen molar-refractivity contribution in [1.82, 2.24) is 29.4 Å². The molecular weight excluding hydrogens is 353 g/mol. The monoisotopic (exact) mass is 365 g/mol. The summed E-state index contributed by atoms with van der Waals surface area (Å²) in [5.41, 5.74) is 2.59. The molecular formula is C17H12FN7S. The van der Waals surface area contributed by atoms with Gasteiger partial charge in [0, 0.05) is 18.1 Å². The summed E-state index contributed by atoms with van der Waals surface area (Å²) in [5, 5.41) is 16.6. The van der Waals surface area contributed by atoms with E-state index < -0.39 is 0 Å². The van der Waals surface area contributed by atoms with Crippen LogP contribution in [0.5, 0.6) is 0 Å². The van der Waals surface area contributed by atoms with E-state index >= 15 is 0 Å². The van der Waals surface area contributed by atoms with Crippen LogP contribution in [0.2, 0.25) is 0 Å². The first kappa shape index (κ1) is 15.0. The van der Waals surface area contributed by atoms with E-state index in [9.17, 15) is 4.39 Å². The molecule has 26 heavy (non-hydrogen) atoms. The number of pyridine rings is 1. The van der Waals surface area contributed by atoms with Crippen LogP contribution in [-0.4, -0.2) is 29.4 Å². The van der Waals surface area contributed by atoms with E-state index in [0.29, 0.717) is 28.1 Å². The molecule has 5 rings (SSSR count). The van der Waals surface area contributed by atoms with E-state index in [1.165, 1.54) is 23.5 Å². The average Bonchev–Trinajstić information content (AvgIpc) is 3.31. The van der Waals surface area contributed by atoms with Crippen molar-refractivity contribution in [3.8, 4) is 0 Å². The van der Waals surface area contributed by atoms with Gasteiger partial charge >= 0.3 is 0 Å². The molecule has 0 spiro atoms. The summed E-state index contributed by atoms with van der Waals surface area (Å²) >= 11 is 1.36. The predicted molar refractivity (Wildman–Crippen MR) is 97.2 cm³/mol. The highest BCUT2D eigenvalue weighted by atomic mass is 32.1. The van der Waals surface area contributed by atoms with Crippen molar-refractivity contribution >= 4 is 38.2 Å². The Morgan fingerprint density at radius 2 is 2.08 bits per heavy atom. The highest BCUT2D eigenvalue weighted by molar-refractivity contribution is 7.20. The smallest absolute Gasteiger partial charge is 0.236 e. The number of nitrogens with one attached hydrogen (secondary N) is 1. The Kier molecular flexibility index (Phi) is 3.39. The van der Waals surface area contributed by atoms with Crippen molar-refractivity contribution in [2.45, 2.75) is 6.54 Å². The van der Waals surface area contributed by atoms with Crippen LogP contribution in [0, 0.1) is 5.82 Å². The normalized spacial score (nSPS) is 11.4. The lowest BCUT2D eigenvalue weighted by Gasteiger charge is -2.03. The molecule has 0 atom stereocenters. The first-order chi connectivity index (χ1) is 12.8. The molecule has 0 aliphatic rings. The average molecular weight is 365 g/mol. The Morgan fingerprint density at radius 3 is 3.00 bits per heavy atom. The number of halogens is 1. The lowest BCUT2D eigenvalue weighted by atomic mass is 10.3. The number of hydrogen-bond acceptors (Lipinski definition) is 6. The van der Waals surface area contributed by atoms with Crippen LogP contribution in [-0.2, 0) is 6.54 Å². The molecule has 9 heteroatoms. The molecule has 128 valence electrons. The number of benzene rings is 1. The van der Waals surface area contributed by atoms with Gasteiger partial charge in [0.25, 0.3) is 0 Å². The van der Waals surface area contributed by atoms with Crippen LogP contribution in [0.1, 0.15) is 5.82 Å². The molecule has 0 aliphatic heterocycles. The molecule has 7 nitrogen and oxygen atoms in total. The van der Waals surface area contributed by atoms with Crippen LogP contribution >= 0.6 is 11.3 Å². The lowest BCUT2D eigenvalue weighted by Crippen LogP contribution is -2.04. The summed E-state index contributed by atoms with van der Waals surface area (Å²) in [4.78, 5) is 5.01. The number of nitrogens with zero attached hydrogens (tertiary/aromatic N) is 6. The summed E-state index contributed by atoms with van der Waals surface area (Å²) in [6.07, 6.45) is 3.74. The zero-order valence-corrected chi connectivity index (χ0v) is 14.2. The van der Waals surface area contributed by atoms with Crippen LogP contribution in [0.3, 0.4) is 0 Å². The zero-order chi connectivity index (χ0) is 17.5. The van der Waals surface area contributed by atoms with E-state index in [0.717, 1.165) is 11.0 Å². The number of aromatic nitrogens is 6. The van der Waals surface area contributed by atoms with Gasteiger partial charge in [0.15, 0.2) is 5.82 Å². The van der Waals surface area contributed by atoms with Gasteiger partial charge in [-0.2, -0.15) is 4.52 Å². The number of rotatable bonds is 4. The van der Waals surface area contributed by atoms with Crippen molar-refractivity contribution in [3.63, 3.8) is 0 Å². The van der Waals surface area contributed by atoms with Gasteiger partial charge in [-0.3, -0.25) is 4.98 Å². The second kappa shape index (κ2) is 5.88. The third-order valence-corrected chi connectivity index (χ3v) is 4.80. The van der Waals surface area contributed by atoms with Crippen molar-refractivity contribution < 1.29 is 4.39 Å². The van der Waals surface area contributed by atoms with Gasteiger partial charge < -0.3 is 9.88 Å². The Hall–Kier alpha value is -3.33. The zero-order valence-electron chi connectivity index (χ0n) is 13.4. The molecule has 5 aromatic rings. The number of anilines is 2. The van der Waals surface area contributed by atoms with Gasteiger partial charge in [0.05, 0.1) is 17.6 Å². The SMILES string of the molecule is Fc1cccc(Nc2nn3c(Cn4ccc5ncccc54)nnc3s2)c1. The molecule has 1 aromatic carbocycles. The van der Waals surface area contributed by atoms with Gasteiger partial charge in [-0.25, -0.2) is 4.39 Å². The first-order valence-electron chi connectivity index (χ1n) is 7.90. The quantitative estimate of drug-likeness (QED) is 0.528. The van der Waals surface area contributed by atoms with E-state index in [4.69, 9.17) is 0 Å². The minimum absolute atomic E-state index is 0.299. The van der Waals surface area contributed by atoms with Gasteiger partial charge in [-0.15, -0.1) is 15.3 Å². The molecule has 0 aliphatic carbocycles. The summed E-state index contributed by atoms with van der Waals surface area (Å²) in [6.45, 7) is 0.527. The predicted octanol–water partition coefficient (Wildman–Crippen LogP) is 3.47. The fraction of sp³-hybridized carbons (Fsp3) is 0.0588. The third kappa shape index (κ3) is 2.58. The summed E-state index contributed by atoms with van der Waals surface area (Å²) in [5.74, 6) is 0.414. The standard InChI is InChI=1S/C17H12FN7S/c18-11-3-1-4-12(9-11)20-16-23-25-15(21-22-17(25)26-16)10-24-8-6-13-14(24)5-2-7-19-13/h1-9H,10H2,(H,20,23). The molecule has 4 aromatic heterocycles. The van der Waals surface area contributed by atoms with Crippen molar-refractivity contribution in [1.29, 1.82) is 0 Å². The van der Waals surface area contributed by atoms with E-state index in [2.05, 4.69) is 30.2 Å². The van der Waals surface area contributed by atoms with Crippen LogP contribution in [0.25, 0.3) is 16.0 Å². The van der Waals surface area contributed by atoms with Crippen molar-refractivity contribution in [2.24, 2.45) is 0 Å². The Bertz CT molecular complexity index is 1220. The largest absolute Gasteiger partial charge is 0.338 e. The fourth-order valence-electron chi connectivity index (χ4n) is 2.81. The Balaban J connectivity index is 1.46. The summed E-state index contributed by atoms with van der Waals surface area (Å²) < 4.78 is 17.1. The maximum Gasteiger partial charge on any atom is 0.236 e. The van der Waals surface area contributed by atoms with Gasteiger partial charge in [0.1, 0.15) is 5.82 Å². The van der Waals surface area contributed by atoms with Crippen LogP contribution in [0.15, 0.2) is 54.9 Å². The van der Waals surface area contributed by atoms with Gasteiger partial charge in [-0.05, 0) is 36.4 Å². The van der Waals surface area contributed by atoms with E-state index in [-0.39, 0.29) is 5.82 Å². The van der Waals surface area contributed by atoms with E-state index in [1.54, 1.807) is 22.8 Å². The van der Waals surface area contributed by atoms with Gasteiger partial charge in [0.2, 0.25) is 10.1 Å². The lowest BCUT2D eigenvalue weighted by molar-refractivity contribution is 0.628. The first-order valence-corrected chi connectivity index (χ1v) is 8.71.